The minimum atomic E-state index is 0.0212. The minimum absolute atomic E-state index is 0.0212. The molecule has 0 spiro atoms. The van der Waals surface area contributed by atoms with E-state index in [9.17, 15) is 4.79 Å². The number of ether oxygens (including phenoxy) is 2. The van der Waals surface area contributed by atoms with Crippen LogP contribution in [0.1, 0.15) is 23.5 Å². The zero-order valence-electron chi connectivity index (χ0n) is 12.9. The Morgan fingerprint density at radius 1 is 0.958 bits per heavy atom. The largest absolute Gasteiger partial charge is 0.454 e. The van der Waals surface area contributed by atoms with Crippen LogP contribution < -0.4 is 14.8 Å². The quantitative estimate of drug-likeness (QED) is 0.737. The van der Waals surface area contributed by atoms with Gasteiger partial charge in [-0.15, -0.1) is 0 Å². The van der Waals surface area contributed by atoms with Crippen molar-refractivity contribution in [3.05, 3.63) is 65.7 Å². The summed E-state index contributed by atoms with van der Waals surface area (Å²) in [6.07, 6.45) is 0.436. The molecule has 0 bridgehead atoms. The fourth-order valence-electron chi connectivity index (χ4n) is 3.63. The first-order valence-corrected chi connectivity index (χ1v) is 8.00. The van der Waals surface area contributed by atoms with E-state index in [1.54, 1.807) is 0 Å². The number of fused-ring (bicyclic) bond motifs is 4. The van der Waals surface area contributed by atoms with E-state index in [1.165, 1.54) is 0 Å². The van der Waals surface area contributed by atoms with Gasteiger partial charge >= 0.3 is 0 Å². The van der Waals surface area contributed by atoms with Gasteiger partial charge in [0.1, 0.15) is 0 Å². The number of carbonyl (C=O) groups is 1. The third kappa shape index (κ3) is 1.96. The van der Waals surface area contributed by atoms with Crippen molar-refractivity contribution >= 4 is 22.4 Å². The van der Waals surface area contributed by atoms with E-state index in [0.29, 0.717) is 6.42 Å². The molecular formula is C20H15NO3. The van der Waals surface area contributed by atoms with Crippen LogP contribution in [0, 0.1) is 0 Å². The first kappa shape index (κ1) is 13.4. The average molecular weight is 317 g/mol. The van der Waals surface area contributed by atoms with Crippen LogP contribution in [0.4, 0.5) is 5.69 Å². The highest BCUT2D eigenvalue weighted by molar-refractivity contribution is 6.06. The lowest BCUT2D eigenvalue weighted by Gasteiger charge is -2.27. The highest BCUT2D eigenvalue weighted by Gasteiger charge is 2.29. The van der Waals surface area contributed by atoms with Gasteiger partial charge in [0.05, 0.1) is 5.69 Å². The molecule has 0 aromatic heterocycles. The minimum Gasteiger partial charge on any atom is -0.454 e. The molecule has 2 heterocycles. The first-order chi connectivity index (χ1) is 11.8. The highest BCUT2D eigenvalue weighted by Crippen LogP contribution is 2.43. The third-order valence-electron chi connectivity index (χ3n) is 4.79. The maximum Gasteiger partial charge on any atom is 0.231 e. The van der Waals surface area contributed by atoms with Crippen molar-refractivity contribution in [1.82, 2.24) is 0 Å². The van der Waals surface area contributed by atoms with Gasteiger partial charge in [-0.3, -0.25) is 4.79 Å². The van der Waals surface area contributed by atoms with E-state index in [4.69, 9.17) is 9.47 Å². The number of rotatable bonds is 1. The molecular weight excluding hydrogens is 302 g/mol. The molecule has 1 N–H and O–H groups in total. The second-order valence-corrected chi connectivity index (χ2v) is 6.17. The van der Waals surface area contributed by atoms with Crippen molar-refractivity contribution in [3.63, 3.8) is 0 Å². The van der Waals surface area contributed by atoms with Gasteiger partial charge in [-0.2, -0.15) is 0 Å². The van der Waals surface area contributed by atoms with E-state index < -0.39 is 0 Å². The first-order valence-electron chi connectivity index (χ1n) is 8.00. The van der Waals surface area contributed by atoms with E-state index in [-0.39, 0.29) is 18.6 Å². The molecule has 1 atom stereocenters. The molecule has 0 aliphatic carbocycles. The third-order valence-corrected chi connectivity index (χ3v) is 4.79. The summed E-state index contributed by atoms with van der Waals surface area (Å²) >= 11 is 0. The Balaban J connectivity index is 1.69. The summed E-state index contributed by atoms with van der Waals surface area (Å²) in [5.41, 5.74) is 3.14. The van der Waals surface area contributed by atoms with Crippen LogP contribution in [0.3, 0.4) is 0 Å². The van der Waals surface area contributed by atoms with Gasteiger partial charge in [0.2, 0.25) is 12.7 Å². The molecule has 24 heavy (non-hydrogen) atoms. The maximum atomic E-state index is 12.3. The summed E-state index contributed by atoms with van der Waals surface area (Å²) in [5.74, 6) is 1.58. The molecule has 0 saturated heterocycles. The number of hydrogen-bond donors (Lipinski definition) is 1. The zero-order valence-corrected chi connectivity index (χ0v) is 12.9. The smallest absolute Gasteiger partial charge is 0.231 e. The van der Waals surface area contributed by atoms with Crippen molar-refractivity contribution in [3.8, 4) is 11.5 Å². The average Bonchev–Trinajstić information content (AvgIpc) is 3.08. The number of carbonyl (C=O) groups excluding carboxylic acids is 1. The SMILES string of the molecule is O=C1CC(c2ccc3c(c2)OCO3)c2ccc3ccccc3c2N1. The monoisotopic (exact) mass is 317 g/mol. The van der Waals surface area contributed by atoms with E-state index in [0.717, 1.165) is 39.1 Å². The maximum absolute atomic E-state index is 12.3. The number of nitrogens with one attached hydrogen (secondary N) is 1. The van der Waals surface area contributed by atoms with Crippen molar-refractivity contribution in [2.45, 2.75) is 12.3 Å². The molecule has 1 unspecified atom stereocenters. The van der Waals surface area contributed by atoms with Crippen molar-refractivity contribution < 1.29 is 14.3 Å². The Labute approximate surface area is 139 Å². The van der Waals surface area contributed by atoms with Crippen LogP contribution in [0.2, 0.25) is 0 Å². The van der Waals surface area contributed by atoms with Crippen LogP contribution in [0.15, 0.2) is 54.6 Å². The van der Waals surface area contributed by atoms with Gasteiger partial charge in [0, 0.05) is 17.7 Å². The molecule has 4 heteroatoms. The summed E-state index contributed by atoms with van der Waals surface area (Å²) in [5, 5.41) is 5.27. The van der Waals surface area contributed by atoms with Crippen molar-refractivity contribution in [2.75, 3.05) is 12.1 Å². The van der Waals surface area contributed by atoms with E-state index in [2.05, 4.69) is 29.6 Å². The van der Waals surface area contributed by atoms with Gasteiger partial charge < -0.3 is 14.8 Å². The summed E-state index contributed by atoms with van der Waals surface area (Å²) in [6.45, 7) is 0.255. The molecule has 1 amide bonds. The predicted octanol–water partition coefficient (Wildman–Crippen LogP) is 4.04. The molecule has 3 aromatic carbocycles. The number of hydrogen-bond acceptors (Lipinski definition) is 3. The fourth-order valence-corrected chi connectivity index (χ4v) is 3.63. The summed E-state index contributed by atoms with van der Waals surface area (Å²) in [6, 6.07) is 18.3. The van der Waals surface area contributed by atoms with Crippen LogP contribution in [0.5, 0.6) is 11.5 Å². The molecule has 4 nitrogen and oxygen atoms in total. The number of amides is 1. The molecule has 0 fully saturated rings. The summed E-state index contributed by atoms with van der Waals surface area (Å²) in [4.78, 5) is 12.3. The van der Waals surface area contributed by atoms with Crippen LogP contribution in [-0.4, -0.2) is 12.7 Å². The second-order valence-electron chi connectivity index (χ2n) is 6.17. The Hall–Kier alpha value is -3.01. The van der Waals surface area contributed by atoms with E-state index in [1.807, 2.05) is 30.3 Å². The topological polar surface area (TPSA) is 47.6 Å². The van der Waals surface area contributed by atoms with Crippen LogP contribution in [0.25, 0.3) is 10.8 Å². The molecule has 5 rings (SSSR count). The van der Waals surface area contributed by atoms with Gasteiger partial charge in [0.15, 0.2) is 11.5 Å². The molecule has 118 valence electrons. The summed E-state index contributed by atoms with van der Waals surface area (Å²) < 4.78 is 10.9. The molecule has 0 radical (unpaired) electrons. The Morgan fingerprint density at radius 3 is 2.79 bits per heavy atom. The standard InChI is InChI=1S/C20H15NO3/c22-19-10-16(13-6-8-17-18(9-13)24-11-23-17)15-7-5-12-3-1-2-4-14(12)20(15)21-19/h1-9,16H,10-11H2,(H,21,22). The summed E-state index contributed by atoms with van der Waals surface area (Å²) in [7, 11) is 0. The van der Waals surface area contributed by atoms with Gasteiger partial charge in [0.25, 0.3) is 0 Å². The molecule has 2 aliphatic rings. The Kier molecular flexibility index (Phi) is 2.80. The lowest BCUT2D eigenvalue weighted by atomic mass is 9.83. The second kappa shape index (κ2) is 4.99. The number of anilines is 1. The van der Waals surface area contributed by atoms with Crippen molar-refractivity contribution in [1.29, 1.82) is 0 Å². The Morgan fingerprint density at radius 2 is 1.83 bits per heavy atom. The lowest BCUT2D eigenvalue weighted by molar-refractivity contribution is -0.116. The van der Waals surface area contributed by atoms with Crippen LogP contribution >= 0.6 is 0 Å². The van der Waals surface area contributed by atoms with Gasteiger partial charge in [-0.05, 0) is 28.6 Å². The van der Waals surface area contributed by atoms with E-state index >= 15 is 0 Å². The highest BCUT2D eigenvalue weighted by atomic mass is 16.7. The molecule has 2 aliphatic heterocycles. The normalized spacial score (nSPS) is 18.3. The van der Waals surface area contributed by atoms with Crippen LogP contribution in [-0.2, 0) is 4.79 Å². The fraction of sp³-hybridized carbons (Fsp3) is 0.150. The molecule has 0 saturated carbocycles. The molecule has 3 aromatic rings. The zero-order chi connectivity index (χ0) is 16.1. The number of benzene rings is 3. The Bertz CT molecular complexity index is 980. The lowest BCUT2D eigenvalue weighted by Crippen LogP contribution is -2.23. The van der Waals surface area contributed by atoms with Crippen molar-refractivity contribution in [2.24, 2.45) is 0 Å². The van der Waals surface area contributed by atoms with Gasteiger partial charge in [-0.25, -0.2) is 0 Å². The predicted molar refractivity (Wildman–Crippen MR) is 91.6 cm³/mol. The van der Waals surface area contributed by atoms with Gasteiger partial charge in [-0.1, -0.05) is 42.5 Å².